The fourth-order valence-electron chi connectivity index (χ4n) is 2.10. The Labute approximate surface area is 110 Å². The van der Waals surface area contributed by atoms with Crippen molar-refractivity contribution in [2.24, 2.45) is 0 Å². The fraction of sp³-hybridized carbons (Fsp3) is 0.462. The molecule has 0 unspecified atom stereocenters. The number of hydrogen-bond donors (Lipinski definition) is 1. The molecule has 1 heterocycles. The van der Waals surface area contributed by atoms with E-state index in [0.29, 0.717) is 0 Å². The van der Waals surface area contributed by atoms with E-state index >= 15 is 0 Å². The number of hydrogen-bond acceptors (Lipinski definition) is 2. The van der Waals surface area contributed by atoms with E-state index in [1.807, 2.05) is 30.0 Å². The minimum Gasteiger partial charge on any atom is -0.333 e. The molecule has 1 amide bonds. The minimum atomic E-state index is 0.120. The third-order valence-corrected chi connectivity index (χ3v) is 3.81. The van der Waals surface area contributed by atoms with Gasteiger partial charge in [-0.3, -0.25) is 4.79 Å². The molecule has 17 heavy (non-hydrogen) atoms. The second kappa shape index (κ2) is 5.19. The monoisotopic (exact) mass is 296 g/mol. The largest absolute Gasteiger partial charge is 0.333 e. The van der Waals surface area contributed by atoms with E-state index in [9.17, 15) is 4.79 Å². The number of amides is 1. The van der Waals surface area contributed by atoms with E-state index in [1.54, 1.807) is 0 Å². The zero-order chi connectivity index (χ0) is 12.4. The van der Waals surface area contributed by atoms with Crippen LogP contribution in [0.15, 0.2) is 22.7 Å². The van der Waals surface area contributed by atoms with Gasteiger partial charge >= 0.3 is 0 Å². The molecule has 2 rings (SSSR count). The van der Waals surface area contributed by atoms with Crippen molar-refractivity contribution >= 4 is 21.8 Å². The van der Waals surface area contributed by atoms with Gasteiger partial charge in [0.2, 0.25) is 0 Å². The van der Waals surface area contributed by atoms with Gasteiger partial charge in [0.15, 0.2) is 0 Å². The Kier molecular flexibility index (Phi) is 3.84. The number of nitrogens with zero attached hydrogens (tertiary/aromatic N) is 1. The van der Waals surface area contributed by atoms with Crippen LogP contribution in [0.25, 0.3) is 0 Å². The van der Waals surface area contributed by atoms with E-state index in [2.05, 4.69) is 28.2 Å². The molecule has 1 aliphatic rings. The molecule has 1 aliphatic heterocycles. The van der Waals surface area contributed by atoms with E-state index in [-0.39, 0.29) is 11.9 Å². The summed E-state index contributed by atoms with van der Waals surface area (Å²) in [7, 11) is 0. The highest BCUT2D eigenvalue weighted by Crippen LogP contribution is 2.21. The maximum Gasteiger partial charge on any atom is 0.255 e. The molecule has 1 atom stereocenters. The first kappa shape index (κ1) is 12.6. The van der Waals surface area contributed by atoms with Crippen LogP contribution in [0.5, 0.6) is 0 Å². The first-order chi connectivity index (χ1) is 8.09. The lowest BCUT2D eigenvalue weighted by atomic mass is 10.1. The topological polar surface area (TPSA) is 32.3 Å². The summed E-state index contributed by atoms with van der Waals surface area (Å²) in [6.45, 7) is 6.60. The summed E-state index contributed by atoms with van der Waals surface area (Å²) in [5.41, 5.74) is 1.87. The smallest absolute Gasteiger partial charge is 0.255 e. The predicted octanol–water partition coefficient (Wildman–Crippen LogP) is 2.19. The molecule has 3 nitrogen and oxygen atoms in total. The molecular formula is C13H17BrN2O. The molecule has 0 saturated carbocycles. The lowest BCUT2D eigenvalue weighted by molar-refractivity contribution is 0.0654. The van der Waals surface area contributed by atoms with Crippen molar-refractivity contribution in [3.8, 4) is 0 Å². The Bertz CT molecular complexity index is 433. The molecular weight excluding hydrogens is 280 g/mol. The van der Waals surface area contributed by atoms with Gasteiger partial charge in [0.1, 0.15) is 0 Å². The van der Waals surface area contributed by atoms with Gasteiger partial charge in [0.05, 0.1) is 5.56 Å². The average Bonchev–Trinajstić information content (AvgIpc) is 2.32. The van der Waals surface area contributed by atoms with Gasteiger partial charge in [0, 0.05) is 30.1 Å². The van der Waals surface area contributed by atoms with Crippen LogP contribution < -0.4 is 5.32 Å². The summed E-state index contributed by atoms with van der Waals surface area (Å²) in [6, 6.07) is 6.14. The van der Waals surface area contributed by atoms with Crippen LogP contribution in [0.2, 0.25) is 0 Å². The van der Waals surface area contributed by atoms with Crippen molar-refractivity contribution in [2.45, 2.75) is 19.9 Å². The molecule has 1 saturated heterocycles. The highest BCUT2D eigenvalue weighted by atomic mass is 79.9. The highest BCUT2D eigenvalue weighted by molar-refractivity contribution is 9.10. The van der Waals surface area contributed by atoms with Crippen LogP contribution in [0.3, 0.4) is 0 Å². The Morgan fingerprint density at radius 3 is 3.00 bits per heavy atom. The molecule has 1 aromatic rings. The third kappa shape index (κ3) is 2.69. The van der Waals surface area contributed by atoms with E-state index < -0.39 is 0 Å². The number of carbonyl (C=O) groups is 1. The van der Waals surface area contributed by atoms with Gasteiger partial charge in [-0.1, -0.05) is 11.6 Å². The number of carbonyl (C=O) groups excluding carboxylic acids is 1. The maximum atomic E-state index is 12.5. The molecule has 0 aliphatic carbocycles. The number of piperazine rings is 1. The van der Waals surface area contributed by atoms with Crippen LogP contribution in [-0.2, 0) is 0 Å². The van der Waals surface area contributed by atoms with Crippen molar-refractivity contribution in [2.75, 3.05) is 19.6 Å². The van der Waals surface area contributed by atoms with Crippen LogP contribution in [-0.4, -0.2) is 36.5 Å². The SMILES string of the molecule is Cc1ccc(Br)c(C(=O)N2CCNC[C@H]2C)c1. The molecule has 4 heteroatoms. The summed E-state index contributed by atoms with van der Waals surface area (Å²) in [5.74, 6) is 0.120. The van der Waals surface area contributed by atoms with Crippen molar-refractivity contribution in [1.29, 1.82) is 0 Å². The number of halogens is 1. The number of nitrogens with one attached hydrogen (secondary N) is 1. The first-order valence-corrected chi connectivity index (χ1v) is 6.66. The van der Waals surface area contributed by atoms with Crippen molar-refractivity contribution in [3.63, 3.8) is 0 Å². The zero-order valence-electron chi connectivity index (χ0n) is 10.2. The van der Waals surface area contributed by atoms with Crippen LogP contribution in [0, 0.1) is 6.92 Å². The Morgan fingerprint density at radius 1 is 1.53 bits per heavy atom. The zero-order valence-corrected chi connectivity index (χ0v) is 11.8. The second-order valence-electron chi connectivity index (χ2n) is 4.53. The molecule has 0 spiro atoms. The third-order valence-electron chi connectivity index (χ3n) is 3.11. The second-order valence-corrected chi connectivity index (χ2v) is 5.39. The van der Waals surface area contributed by atoms with E-state index in [1.165, 1.54) is 0 Å². The van der Waals surface area contributed by atoms with E-state index in [0.717, 1.165) is 35.2 Å². The van der Waals surface area contributed by atoms with E-state index in [4.69, 9.17) is 0 Å². The summed E-state index contributed by atoms with van der Waals surface area (Å²) in [6.07, 6.45) is 0. The Morgan fingerprint density at radius 2 is 2.29 bits per heavy atom. The van der Waals surface area contributed by atoms with Crippen molar-refractivity contribution in [3.05, 3.63) is 33.8 Å². The number of benzene rings is 1. The summed E-state index contributed by atoms with van der Waals surface area (Å²) >= 11 is 3.45. The molecule has 1 fully saturated rings. The van der Waals surface area contributed by atoms with Gasteiger partial charge in [-0.2, -0.15) is 0 Å². The average molecular weight is 297 g/mol. The quantitative estimate of drug-likeness (QED) is 0.862. The molecule has 1 N–H and O–H groups in total. The Balaban J connectivity index is 2.26. The normalized spacial score (nSPS) is 20.4. The lowest BCUT2D eigenvalue weighted by Gasteiger charge is -2.34. The van der Waals surface area contributed by atoms with Gasteiger partial charge in [0.25, 0.3) is 5.91 Å². The highest BCUT2D eigenvalue weighted by Gasteiger charge is 2.25. The molecule has 92 valence electrons. The summed E-state index contributed by atoms with van der Waals surface area (Å²) < 4.78 is 0.874. The molecule has 1 aromatic carbocycles. The number of rotatable bonds is 1. The van der Waals surface area contributed by atoms with Gasteiger partial charge in [-0.05, 0) is 41.9 Å². The van der Waals surface area contributed by atoms with Gasteiger partial charge < -0.3 is 10.2 Å². The Hall–Kier alpha value is -0.870. The van der Waals surface area contributed by atoms with Crippen molar-refractivity contribution < 1.29 is 4.79 Å². The maximum absolute atomic E-state index is 12.5. The standard InChI is InChI=1S/C13H17BrN2O/c1-9-3-4-12(14)11(7-9)13(17)16-6-5-15-8-10(16)2/h3-4,7,10,15H,5-6,8H2,1-2H3/t10-/m1/s1. The van der Waals surface area contributed by atoms with Crippen LogP contribution in [0.1, 0.15) is 22.8 Å². The van der Waals surface area contributed by atoms with Crippen molar-refractivity contribution in [1.82, 2.24) is 10.2 Å². The fourth-order valence-corrected chi connectivity index (χ4v) is 2.52. The minimum absolute atomic E-state index is 0.120. The van der Waals surface area contributed by atoms with Crippen LogP contribution >= 0.6 is 15.9 Å². The van der Waals surface area contributed by atoms with Gasteiger partial charge in [-0.25, -0.2) is 0 Å². The molecule has 0 aromatic heterocycles. The predicted molar refractivity (Wildman–Crippen MR) is 72.2 cm³/mol. The number of aryl methyl sites for hydroxylation is 1. The summed E-state index contributed by atoms with van der Waals surface area (Å²) in [4.78, 5) is 14.4. The first-order valence-electron chi connectivity index (χ1n) is 5.87. The van der Waals surface area contributed by atoms with Gasteiger partial charge in [-0.15, -0.1) is 0 Å². The molecule has 0 radical (unpaired) electrons. The summed E-state index contributed by atoms with van der Waals surface area (Å²) in [5, 5.41) is 3.29. The van der Waals surface area contributed by atoms with Crippen LogP contribution in [0.4, 0.5) is 0 Å². The lowest BCUT2D eigenvalue weighted by Crippen LogP contribution is -2.52. The molecule has 0 bridgehead atoms.